The molecule has 0 N–H and O–H groups in total. The summed E-state index contributed by atoms with van der Waals surface area (Å²) >= 11 is 7.61. The number of amides is 1. The van der Waals surface area contributed by atoms with Crippen LogP contribution in [0.25, 0.3) is 10.9 Å². The Balaban J connectivity index is 1.50. The van der Waals surface area contributed by atoms with Gasteiger partial charge in [0.15, 0.2) is 5.82 Å². The predicted octanol–water partition coefficient (Wildman–Crippen LogP) is 6.35. The van der Waals surface area contributed by atoms with Crippen LogP contribution in [0, 0.1) is 24.6 Å². The van der Waals surface area contributed by atoms with E-state index in [1.165, 1.54) is 37.4 Å². The number of hydrogen-bond acceptors (Lipinski definition) is 3. The van der Waals surface area contributed by atoms with E-state index in [0.29, 0.717) is 22.9 Å². The third kappa shape index (κ3) is 4.19. The number of carbonyl (C=O) groups excluding carboxylic acids is 2. The molecule has 1 amide bonds. The monoisotopic (exact) mass is 484 g/mol. The third-order valence-corrected chi connectivity index (χ3v) is 8.65. The van der Waals surface area contributed by atoms with Crippen LogP contribution in [-0.2, 0) is 11.3 Å². The van der Waals surface area contributed by atoms with Gasteiger partial charge in [-0.05, 0) is 55.9 Å². The van der Waals surface area contributed by atoms with Crippen LogP contribution >= 0.6 is 23.4 Å². The number of benzene rings is 2. The highest BCUT2D eigenvalue weighted by atomic mass is 35.5. The van der Waals surface area contributed by atoms with E-state index >= 15 is 4.39 Å². The molecule has 3 aromatic rings. The third-order valence-electron chi connectivity index (χ3n) is 7.15. The van der Waals surface area contributed by atoms with Crippen molar-refractivity contribution in [2.75, 3.05) is 13.1 Å². The van der Waals surface area contributed by atoms with Crippen molar-refractivity contribution in [3.8, 4) is 0 Å². The van der Waals surface area contributed by atoms with E-state index in [0.717, 1.165) is 40.2 Å². The molecule has 4 nitrogen and oxygen atoms in total. The Hall–Kier alpha value is -2.31. The van der Waals surface area contributed by atoms with E-state index in [9.17, 15) is 9.59 Å². The number of aldehydes is 1. The quantitative estimate of drug-likeness (QED) is 0.396. The zero-order chi connectivity index (χ0) is 23.1. The van der Waals surface area contributed by atoms with Crippen LogP contribution in [-0.4, -0.2) is 34.7 Å². The average molecular weight is 485 g/mol. The van der Waals surface area contributed by atoms with E-state index in [1.807, 2.05) is 36.1 Å². The maximum absolute atomic E-state index is 15.2. The molecule has 2 heterocycles. The second kappa shape index (κ2) is 9.15. The standard InChI is InChI=1S/C26H26ClFN2O2S/c1-16-26(33-20-8-4-5-17(11-20)15-31)21-9-10-22(27)24(28)25(21)30(16)14-23(32)29-12-18-6-2-3-7-19(18)13-29/h4-5,8-11,15,18-19H,2-3,6-7,12-14H2,1H3. The zero-order valence-electron chi connectivity index (χ0n) is 18.5. The van der Waals surface area contributed by atoms with Gasteiger partial charge in [0.05, 0.1) is 10.5 Å². The Morgan fingerprint density at radius 2 is 1.91 bits per heavy atom. The topological polar surface area (TPSA) is 42.3 Å². The van der Waals surface area contributed by atoms with Gasteiger partial charge < -0.3 is 9.47 Å². The van der Waals surface area contributed by atoms with Crippen molar-refractivity contribution in [1.29, 1.82) is 0 Å². The lowest BCUT2D eigenvalue weighted by atomic mass is 9.82. The molecule has 7 heteroatoms. The van der Waals surface area contributed by atoms with E-state index in [2.05, 4.69) is 0 Å². The smallest absolute Gasteiger partial charge is 0.242 e. The number of rotatable bonds is 5. The van der Waals surface area contributed by atoms with Gasteiger partial charge in [0.2, 0.25) is 5.91 Å². The Morgan fingerprint density at radius 1 is 1.18 bits per heavy atom. The lowest BCUT2D eigenvalue weighted by molar-refractivity contribution is -0.131. The molecule has 33 heavy (non-hydrogen) atoms. The molecule has 0 spiro atoms. The SMILES string of the molecule is Cc1c(Sc2cccc(C=O)c2)c2ccc(Cl)c(F)c2n1CC(=O)N1CC2CCCCC2C1. The molecular weight excluding hydrogens is 459 g/mol. The second-order valence-corrected chi connectivity index (χ2v) is 10.6. The fourth-order valence-corrected chi connectivity index (χ4v) is 6.68. The summed E-state index contributed by atoms with van der Waals surface area (Å²) in [6, 6.07) is 10.7. The number of aromatic nitrogens is 1. The number of halogens is 2. The van der Waals surface area contributed by atoms with Gasteiger partial charge in [-0.2, -0.15) is 0 Å². The van der Waals surface area contributed by atoms with Crippen LogP contribution in [0.3, 0.4) is 0 Å². The highest BCUT2D eigenvalue weighted by Crippen LogP contribution is 2.41. The molecule has 1 saturated carbocycles. The van der Waals surface area contributed by atoms with Crippen molar-refractivity contribution in [3.63, 3.8) is 0 Å². The van der Waals surface area contributed by atoms with Crippen molar-refractivity contribution in [3.05, 3.63) is 58.5 Å². The summed E-state index contributed by atoms with van der Waals surface area (Å²) in [6.07, 6.45) is 5.71. The lowest BCUT2D eigenvalue weighted by Crippen LogP contribution is -2.32. The second-order valence-electron chi connectivity index (χ2n) is 9.15. The maximum atomic E-state index is 15.2. The fourth-order valence-electron chi connectivity index (χ4n) is 5.41. The summed E-state index contributed by atoms with van der Waals surface area (Å²) in [5, 5.41) is 0.763. The van der Waals surface area contributed by atoms with E-state index in [4.69, 9.17) is 11.6 Å². The minimum Gasteiger partial charge on any atom is -0.341 e. The lowest BCUT2D eigenvalue weighted by Gasteiger charge is -2.22. The summed E-state index contributed by atoms with van der Waals surface area (Å²) in [4.78, 5) is 28.2. The minimum absolute atomic E-state index is 0.0308. The molecule has 2 atom stereocenters. The van der Waals surface area contributed by atoms with Gasteiger partial charge in [-0.3, -0.25) is 9.59 Å². The average Bonchev–Trinajstić information content (AvgIpc) is 3.37. The van der Waals surface area contributed by atoms with Gasteiger partial charge in [-0.25, -0.2) is 4.39 Å². The summed E-state index contributed by atoms with van der Waals surface area (Å²) in [5.41, 5.74) is 1.76. The van der Waals surface area contributed by atoms with Gasteiger partial charge >= 0.3 is 0 Å². The molecule has 0 radical (unpaired) electrons. The normalized spacial score (nSPS) is 20.3. The van der Waals surface area contributed by atoms with Crippen molar-refractivity contribution in [2.45, 2.75) is 48.9 Å². The molecule has 2 unspecified atom stereocenters. The number of hydrogen-bond donors (Lipinski definition) is 0. The number of fused-ring (bicyclic) bond motifs is 2. The van der Waals surface area contributed by atoms with E-state index in [-0.39, 0.29) is 17.5 Å². The van der Waals surface area contributed by atoms with Crippen LogP contribution < -0.4 is 0 Å². The fraction of sp³-hybridized carbons (Fsp3) is 0.385. The van der Waals surface area contributed by atoms with Gasteiger partial charge in [-0.15, -0.1) is 0 Å². The highest BCUT2D eigenvalue weighted by Gasteiger charge is 2.36. The van der Waals surface area contributed by atoms with Crippen LogP contribution in [0.1, 0.15) is 41.7 Å². The van der Waals surface area contributed by atoms with Gasteiger partial charge in [0, 0.05) is 39.5 Å². The molecule has 1 aliphatic carbocycles. The summed E-state index contributed by atoms with van der Waals surface area (Å²) < 4.78 is 17.0. The van der Waals surface area contributed by atoms with Gasteiger partial charge in [0.1, 0.15) is 12.8 Å². The first-order valence-corrected chi connectivity index (χ1v) is 12.6. The molecule has 2 fully saturated rings. The molecule has 1 saturated heterocycles. The van der Waals surface area contributed by atoms with Crippen molar-refractivity contribution in [1.82, 2.24) is 9.47 Å². The molecule has 172 valence electrons. The van der Waals surface area contributed by atoms with Crippen LogP contribution in [0.5, 0.6) is 0 Å². The first kappa shape index (κ1) is 22.5. The minimum atomic E-state index is -0.506. The summed E-state index contributed by atoms with van der Waals surface area (Å²) in [7, 11) is 0. The largest absolute Gasteiger partial charge is 0.341 e. The Kier molecular flexibility index (Phi) is 6.23. The summed E-state index contributed by atoms with van der Waals surface area (Å²) in [5.74, 6) is 0.733. The Morgan fingerprint density at radius 3 is 2.61 bits per heavy atom. The molecule has 1 aliphatic heterocycles. The summed E-state index contributed by atoms with van der Waals surface area (Å²) in [6.45, 7) is 3.63. The Labute approximate surface area is 202 Å². The van der Waals surface area contributed by atoms with Crippen molar-refractivity contribution >= 4 is 46.5 Å². The van der Waals surface area contributed by atoms with E-state index in [1.54, 1.807) is 16.7 Å². The van der Waals surface area contributed by atoms with Crippen molar-refractivity contribution in [2.24, 2.45) is 11.8 Å². The van der Waals surface area contributed by atoms with Crippen LogP contribution in [0.15, 0.2) is 46.2 Å². The molecule has 5 rings (SSSR count). The number of nitrogens with zero attached hydrogens (tertiary/aromatic N) is 2. The molecule has 1 aromatic heterocycles. The maximum Gasteiger partial charge on any atom is 0.242 e. The van der Waals surface area contributed by atoms with E-state index < -0.39 is 5.82 Å². The first-order valence-electron chi connectivity index (χ1n) is 11.4. The Bertz CT molecular complexity index is 1230. The molecular formula is C26H26ClFN2O2S. The highest BCUT2D eigenvalue weighted by molar-refractivity contribution is 7.99. The molecule has 2 aromatic carbocycles. The number of carbonyl (C=O) groups is 2. The predicted molar refractivity (Wildman–Crippen MR) is 130 cm³/mol. The number of likely N-dealkylation sites (tertiary alicyclic amines) is 1. The van der Waals surface area contributed by atoms with Gasteiger partial charge in [-0.1, -0.05) is 48.3 Å². The molecule has 0 bridgehead atoms. The molecule has 2 aliphatic rings. The van der Waals surface area contributed by atoms with Crippen molar-refractivity contribution < 1.29 is 14.0 Å². The first-order chi connectivity index (χ1) is 16.0. The van der Waals surface area contributed by atoms with Crippen LogP contribution in [0.4, 0.5) is 4.39 Å². The van der Waals surface area contributed by atoms with Crippen LogP contribution in [0.2, 0.25) is 5.02 Å². The van der Waals surface area contributed by atoms with Gasteiger partial charge in [0.25, 0.3) is 0 Å². The zero-order valence-corrected chi connectivity index (χ0v) is 20.1.